The van der Waals surface area contributed by atoms with Crippen LogP contribution in [-0.4, -0.2) is 56.2 Å². The molecule has 0 radical (unpaired) electrons. The van der Waals surface area contributed by atoms with E-state index in [1.807, 2.05) is 0 Å². The van der Waals surface area contributed by atoms with Crippen LogP contribution in [0.1, 0.15) is 24.4 Å². The van der Waals surface area contributed by atoms with Gasteiger partial charge in [0.25, 0.3) is 0 Å². The largest absolute Gasteiger partial charge is 0.294 e. The van der Waals surface area contributed by atoms with E-state index in [4.69, 9.17) is 0 Å². The highest BCUT2D eigenvalue weighted by molar-refractivity contribution is 7.07. The molecule has 0 spiro atoms. The van der Waals surface area contributed by atoms with Crippen molar-refractivity contribution in [2.45, 2.75) is 19.5 Å². The van der Waals surface area contributed by atoms with Crippen molar-refractivity contribution in [2.24, 2.45) is 7.05 Å². The molecular weight excluding hydrogens is 272 g/mol. The predicted octanol–water partition coefficient (Wildman–Crippen LogP) is 1.15. The zero-order valence-corrected chi connectivity index (χ0v) is 12.8. The molecule has 108 valence electrons. The second-order valence-corrected chi connectivity index (χ2v) is 6.02. The minimum atomic E-state index is 0.512. The summed E-state index contributed by atoms with van der Waals surface area (Å²) in [4.78, 5) is 6.46. The van der Waals surface area contributed by atoms with Crippen LogP contribution >= 0.6 is 11.3 Å². The van der Waals surface area contributed by atoms with Crippen molar-refractivity contribution in [3.05, 3.63) is 28.2 Å². The molecule has 1 aliphatic rings. The first-order valence-corrected chi connectivity index (χ1v) is 7.88. The number of thiophene rings is 1. The van der Waals surface area contributed by atoms with Crippen LogP contribution in [-0.2, 0) is 13.6 Å². The molecule has 20 heavy (non-hydrogen) atoms. The third-order valence-electron chi connectivity index (χ3n) is 3.89. The average molecular weight is 292 g/mol. The maximum atomic E-state index is 4.24. The molecular formula is C13H20N6S. The number of rotatable bonds is 4. The molecule has 3 rings (SSSR count). The van der Waals surface area contributed by atoms with Gasteiger partial charge in [-0.2, -0.15) is 16.1 Å². The second-order valence-electron chi connectivity index (χ2n) is 5.24. The highest BCUT2D eigenvalue weighted by atomic mass is 32.1. The second kappa shape index (κ2) is 5.99. The molecule has 7 heteroatoms. The van der Waals surface area contributed by atoms with E-state index in [9.17, 15) is 0 Å². The van der Waals surface area contributed by atoms with Gasteiger partial charge in [-0.15, -0.1) is 10.2 Å². The van der Waals surface area contributed by atoms with E-state index in [1.165, 1.54) is 10.4 Å². The summed E-state index contributed by atoms with van der Waals surface area (Å²) in [6, 6.07) is 2.74. The Morgan fingerprint density at radius 2 is 2.10 bits per heavy atom. The fraction of sp³-hybridized carbons (Fsp3) is 0.615. The number of nitrogens with zero attached hydrogens (tertiary/aromatic N) is 6. The van der Waals surface area contributed by atoms with Crippen LogP contribution in [0.4, 0.5) is 0 Å². The standard InChI is InChI=1S/C13H20N6S/c1-11(12-3-8-20-10-12)19-6-4-18(5-7-19)9-13-14-16-17(2)15-13/h3,8,10-11H,4-7,9H2,1-2H3. The van der Waals surface area contributed by atoms with E-state index in [0.717, 1.165) is 38.5 Å². The van der Waals surface area contributed by atoms with Gasteiger partial charge in [0.15, 0.2) is 5.82 Å². The van der Waals surface area contributed by atoms with Gasteiger partial charge >= 0.3 is 0 Å². The molecule has 0 N–H and O–H groups in total. The normalized spacial score (nSPS) is 19.3. The summed E-state index contributed by atoms with van der Waals surface area (Å²) in [5.74, 6) is 0.812. The van der Waals surface area contributed by atoms with Crippen molar-refractivity contribution in [2.75, 3.05) is 26.2 Å². The lowest BCUT2D eigenvalue weighted by atomic mass is 10.1. The molecule has 6 nitrogen and oxygen atoms in total. The number of aryl methyl sites for hydroxylation is 1. The molecule has 0 bridgehead atoms. The number of piperazine rings is 1. The Morgan fingerprint density at radius 3 is 2.70 bits per heavy atom. The minimum absolute atomic E-state index is 0.512. The fourth-order valence-electron chi connectivity index (χ4n) is 2.62. The van der Waals surface area contributed by atoms with E-state index < -0.39 is 0 Å². The van der Waals surface area contributed by atoms with Crippen molar-refractivity contribution in [1.29, 1.82) is 0 Å². The Labute approximate surface area is 123 Å². The molecule has 1 unspecified atom stereocenters. The van der Waals surface area contributed by atoms with Gasteiger partial charge in [0, 0.05) is 32.2 Å². The van der Waals surface area contributed by atoms with Gasteiger partial charge in [0.05, 0.1) is 13.6 Å². The Morgan fingerprint density at radius 1 is 1.30 bits per heavy atom. The number of tetrazole rings is 1. The summed E-state index contributed by atoms with van der Waals surface area (Å²) >= 11 is 1.77. The van der Waals surface area contributed by atoms with E-state index in [-0.39, 0.29) is 0 Å². The number of hydrogen-bond acceptors (Lipinski definition) is 6. The SMILES string of the molecule is CC(c1ccsc1)N1CCN(Cc2nnn(C)n2)CC1. The van der Waals surface area contributed by atoms with Gasteiger partial charge in [-0.3, -0.25) is 9.80 Å². The first-order valence-electron chi connectivity index (χ1n) is 6.94. The van der Waals surface area contributed by atoms with Crippen molar-refractivity contribution >= 4 is 11.3 Å². The summed E-state index contributed by atoms with van der Waals surface area (Å²) in [6.07, 6.45) is 0. The van der Waals surface area contributed by atoms with Gasteiger partial charge in [-0.05, 0) is 34.5 Å². The summed E-state index contributed by atoms with van der Waals surface area (Å²) in [7, 11) is 1.80. The molecule has 2 aromatic rings. The van der Waals surface area contributed by atoms with Crippen molar-refractivity contribution in [3.8, 4) is 0 Å². The Kier molecular flexibility index (Phi) is 4.09. The highest BCUT2D eigenvalue weighted by Gasteiger charge is 2.22. The molecule has 1 saturated heterocycles. The monoisotopic (exact) mass is 292 g/mol. The van der Waals surface area contributed by atoms with Crippen LogP contribution in [0.2, 0.25) is 0 Å². The molecule has 1 atom stereocenters. The average Bonchev–Trinajstić information content (AvgIpc) is 3.11. The summed E-state index contributed by atoms with van der Waals surface area (Å²) < 4.78 is 0. The van der Waals surface area contributed by atoms with E-state index in [2.05, 4.69) is 49.0 Å². The van der Waals surface area contributed by atoms with Crippen LogP contribution in [0, 0.1) is 0 Å². The third kappa shape index (κ3) is 3.05. The van der Waals surface area contributed by atoms with Crippen LogP contribution in [0.3, 0.4) is 0 Å². The molecule has 1 fully saturated rings. The maximum Gasteiger partial charge on any atom is 0.188 e. The van der Waals surface area contributed by atoms with E-state index >= 15 is 0 Å². The number of aromatic nitrogens is 4. The fourth-order valence-corrected chi connectivity index (χ4v) is 3.37. The van der Waals surface area contributed by atoms with Gasteiger partial charge in [0.2, 0.25) is 0 Å². The highest BCUT2D eigenvalue weighted by Crippen LogP contribution is 2.23. The van der Waals surface area contributed by atoms with Crippen LogP contribution in [0.25, 0.3) is 0 Å². The third-order valence-corrected chi connectivity index (χ3v) is 4.60. The van der Waals surface area contributed by atoms with Crippen molar-refractivity contribution < 1.29 is 0 Å². The molecule has 3 heterocycles. The Balaban J connectivity index is 1.52. The molecule has 0 amide bonds. The van der Waals surface area contributed by atoms with E-state index in [1.54, 1.807) is 18.4 Å². The Bertz CT molecular complexity index is 529. The molecule has 2 aromatic heterocycles. The zero-order chi connectivity index (χ0) is 13.9. The van der Waals surface area contributed by atoms with E-state index in [0.29, 0.717) is 6.04 Å². The smallest absolute Gasteiger partial charge is 0.188 e. The lowest BCUT2D eigenvalue weighted by Crippen LogP contribution is -2.46. The van der Waals surface area contributed by atoms with Crippen molar-refractivity contribution in [3.63, 3.8) is 0 Å². The zero-order valence-electron chi connectivity index (χ0n) is 11.9. The van der Waals surface area contributed by atoms with Crippen LogP contribution in [0.5, 0.6) is 0 Å². The number of hydrogen-bond donors (Lipinski definition) is 0. The lowest BCUT2D eigenvalue weighted by Gasteiger charge is -2.37. The van der Waals surface area contributed by atoms with Crippen molar-refractivity contribution in [1.82, 2.24) is 30.0 Å². The van der Waals surface area contributed by atoms with Gasteiger partial charge in [-0.1, -0.05) is 0 Å². The summed E-state index contributed by atoms with van der Waals surface area (Å²) in [5, 5.41) is 16.6. The minimum Gasteiger partial charge on any atom is -0.294 e. The molecule has 0 aliphatic carbocycles. The quantitative estimate of drug-likeness (QED) is 0.846. The first kappa shape index (κ1) is 13.7. The molecule has 0 aromatic carbocycles. The van der Waals surface area contributed by atoms with Gasteiger partial charge in [-0.25, -0.2) is 0 Å². The molecule has 0 saturated carbocycles. The van der Waals surface area contributed by atoms with Crippen LogP contribution < -0.4 is 0 Å². The lowest BCUT2D eigenvalue weighted by molar-refractivity contribution is 0.0963. The van der Waals surface area contributed by atoms with Gasteiger partial charge < -0.3 is 0 Å². The topological polar surface area (TPSA) is 50.1 Å². The van der Waals surface area contributed by atoms with Gasteiger partial charge in [0.1, 0.15) is 0 Å². The summed E-state index contributed by atoms with van der Waals surface area (Å²) in [6.45, 7) is 7.41. The predicted molar refractivity (Wildman–Crippen MR) is 78.4 cm³/mol. The first-order chi connectivity index (χ1) is 9.72. The summed E-state index contributed by atoms with van der Waals surface area (Å²) in [5.41, 5.74) is 1.43. The maximum absolute atomic E-state index is 4.24. The Hall–Kier alpha value is -1.31. The molecule has 1 aliphatic heterocycles. The van der Waals surface area contributed by atoms with Crippen LogP contribution in [0.15, 0.2) is 16.8 Å².